The second-order valence-corrected chi connectivity index (χ2v) is 7.55. The van der Waals surface area contributed by atoms with Crippen LogP contribution in [0.15, 0.2) is 0 Å². The normalized spacial score (nSPS) is 18.4. The molecule has 5 nitrogen and oxygen atoms in total. The molecule has 1 atom stereocenters. The molecule has 0 spiro atoms. The van der Waals surface area contributed by atoms with E-state index in [0.717, 1.165) is 19.4 Å². The Morgan fingerprint density at radius 2 is 2.11 bits per heavy atom. The number of hydrogen-bond acceptors (Lipinski definition) is 5. The molecule has 1 aliphatic heterocycles. The molecule has 1 heterocycles. The molecule has 0 aromatic heterocycles. The van der Waals surface area contributed by atoms with Crippen LogP contribution in [0.2, 0.25) is 5.54 Å². The molecule has 6 heteroatoms. The van der Waals surface area contributed by atoms with Crippen molar-refractivity contribution >= 4 is 15.7 Å². The lowest BCUT2D eigenvalue weighted by Crippen LogP contribution is -2.13. The molecule has 19 heavy (non-hydrogen) atoms. The molecular formula is C13H26O5Si. The summed E-state index contributed by atoms with van der Waals surface area (Å²) >= 11 is 0. The first-order valence-electron chi connectivity index (χ1n) is 7.11. The lowest BCUT2D eigenvalue weighted by molar-refractivity contribution is -0.144. The van der Waals surface area contributed by atoms with Crippen LogP contribution in [0.1, 0.15) is 33.1 Å². The highest BCUT2D eigenvalue weighted by Crippen LogP contribution is 2.09. The topological polar surface area (TPSA) is 57.3 Å². The summed E-state index contributed by atoms with van der Waals surface area (Å²) in [6.07, 6.45) is 2.48. The second-order valence-electron chi connectivity index (χ2n) is 5.18. The minimum absolute atomic E-state index is 0.139. The predicted octanol–water partition coefficient (Wildman–Crippen LogP) is 1.04. The van der Waals surface area contributed by atoms with Gasteiger partial charge >= 0.3 is 5.97 Å². The molecule has 0 saturated carbocycles. The van der Waals surface area contributed by atoms with Crippen LogP contribution in [0.25, 0.3) is 0 Å². The van der Waals surface area contributed by atoms with Crippen LogP contribution in [0.4, 0.5) is 0 Å². The van der Waals surface area contributed by atoms with E-state index in [1.807, 2.05) is 0 Å². The summed E-state index contributed by atoms with van der Waals surface area (Å²) in [5, 5.41) is 0. The lowest BCUT2D eigenvalue weighted by atomic mass is 10.2. The zero-order chi connectivity index (χ0) is 13.9. The molecule has 1 rings (SSSR count). The van der Waals surface area contributed by atoms with Crippen LogP contribution in [-0.4, -0.2) is 54.9 Å². The first-order chi connectivity index (χ1) is 9.18. The van der Waals surface area contributed by atoms with Crippen LogP contribution in [-0.2, 0) is 23.4 Å². The van der Waals surface area contributed by atoms with Crippen molar-refractivity contribution < 1.29 is 23.4 Å². The number of rotatable bonds is 12. The van der Waals surface area contributed by atoms with Crippen molar-refractivity contribution in [2.45, 2.75) is 44.8 Å². The molecule has 0 N–H and O–H groups in total. The first-order valence-corrected chi connectivity index (χ1v) is 8.50. The Hall–Kier alpha value is -0.433. The number of esters is 1. The van der Waals surface area contributed by atoms with Crippen LogP contribution >= 0.6 is 0 Å². The maximum absolute atomic E-state index is 11.4. The fourth-order valence-corrected chi connectivity index (χ4v) is 2.21. The molecule has 1 unspecified atom stereocenters. The van der Waals surface area contributed by atoms with E-state index in [4.69, 9.17) is 18.6 Å². The van der Waals surface area contributed by atoms with Gasteiger partial charge in [0.05, 0.1) is 19.8 Å². The largest absolute Gasteiger partial charge is 0.463 e. The molecule has 0 aromatic carbocycles. The molecular weight excluding hydrogens is 264 g/mol. The second kappa shape index (κ2) is 10.4. The molecule has 1 saturated heterocycles. The van der Waals surface area contributed by atoms with Crippen molar-refractivity contribution in [1.82, 2.24) is 0 Å². The number of carbonyl (C=O) groups is 1. The van der Waals surface area contributed by atoms with Gasteiger partial charge in [-0.05, 0) is 18.4 Å². The van der Waals surface area contributed by atoms with E-state index in [-0.39, 0.29) is 5.97 Å². The standard InChI is InChI=1S/C13H26O5Si/c1-11(2)19-18-8-7-16-13(14)5-3-4-6-15-9-12-10-17-12/h11-12H,3-10,19H2,1-2H3. The van der Waals surface area contributed by atoms with Crippen molar-refractivity contribution in [1.29, 1.82) is 0 Å². The Balaban J connectivity index is 1.76. The van der Waals surface area contributed by atoms with Gasteiger partial charge in [0, 0.05) is 13.0 Å². The SMILES string of the molecule is CC(C)[SiH2]OCCOC(=O)CCCCOCC1CO1. The van der Waals surface area contributed by atoms with Crippen molar-refractivity contribution in [3.8, 4) is 0 Å². The average molecular weight is 290 g/mol. The van der Waals surface area contributed by atoms with Crippen LogP contribution in [0, 0.1) is 0 Å². The fraction of sp³-hybridized carbons (Fsp3) is 0.923. The molecule has 0 bridgehead atoms. The summed E-state index contributed by atoms with van der Waals surface area (Å²) in [6, 6.07) is 0. The van der Waals surface area contributed by atoms with Crippen molar-refractivity contribution in [3.05, 3.63) is 0 Å². The number of epoxide rings is 1. The first kappa shape index (κ1) is 16.6. The number of unbranched alkanes of at least 4 members (excludes halogenated alkanes) is 1. The van der Waals surface area contributed by atoms with Gasteiger partial charge in [-0.2, -0.15) is 0 Å². The zero-order valence-electron chi connectivity index (χ0n) is 12.1. The maximum Gasteiger partial charge on any atom is 0.305 e. The molecule has 0 aliphatic carbocycles. The van der Waals surface area contributed by atoms with Crippen molar-refractivity contribution in [2.24, 2.45) is 0 Å². The van der Waals surface area contributed by atoms with Crippen LogP contribution < -0.4 is 0 Å². The summed E-state index contributed by atoms with van der Waals surface area (Å²) in [4.78, 5) is 11.4. The minimum atomic E-state index is -0.444. The Morgan fingerprint density at radius 3 is 2.79 bits per heavy atom. The quantitative estimate of drug-likeness (QED) is 0.233. The van der Waals surface area contributed by atoms with E-state index in [9.17, 15) is 4.79 Å². The maximum atomic E-state index is 11.4. The van der Waals surface area contributed by atoms with E-state index in [0.29, 0.717) is 44.5 Å². The zero-order valence-corrected chi connectivity index (χ0v) is 13.5. The summed E-state index contributed by atoms with van der Waals surface area (Å²) in [5.41, 5.74) is 0.650. The van der Waals surface area contributed by atoms with Gasteiger partial charge in [0.1, 0.15) is 12.7 Å². The van der Waals surface area contributed by atoms with Crippen LogP contribution in [0.5, 0.6) is 0 Å². The molecule has 0 radical (unpaired) electrons. The summed E-state index contributed by atoms with van der Waals surface area (Å²) < 4.78 is 20.9. The Bertz CT molecular complexity index is 243. The van der Waals surface area contributed by atoms with E-state index in [1.165, 1.54) is 0 Å². The highest BCUT2D eigenvalue weighted by Gasteiger charge is 2.21. The van der Waals surface area contributed by atoms with Crippen molar-refractivity contribution in [3.63, 3.8) is 0 Å². The third kappa shape index (κ3) is 11.1. The monoisotopic (exact) mass is 290 g/mol. The Kier molecular flexibility index (Phi) is 9.07. The summed E-state index contributed by atoms with van der Waals surface area (Å²) in [5.74, 6) is -0.139. The highest BCUT2D eigenvalue weighted by atomic mass is 28.2. The van der Waals surface area contributed by atoms with E-state index >= 15 is 0 Å². The Morgan fingerprint density at radius 1 is 1.32 bits per heavy atom. The smallest absolute Gasteiger partial charge is 0.305 e. The van der Waals surface area contributed by atoms with Crippen LogP contribution in [0.3, 0.4) is 0 Å². The molecule has 0 amide bonds. The van der Waals surface area contributed by atoms with Gasteiger partial charge in [0.15, 0.2) is 9.76 Å². The van der Waals surface area contributed by atoms with E-state index in [1.54, 1.807) is 0 Å². The molecule has 112 valence electrons. The van der Waals surface area contributed by atoms with Gasteiger partial charge < -0.3 is 18.6 Å². The van der Waals surface area contributed by atoms with E-state index in [2.05, 4.69) is 13.8 Å². The molecule has 0 aromatic rings. The summed E-state index contributed by atoms with van der Waals surface area (Å²) in [6.45, 7) is 7.42. The predicted molar refractivity (Wildman–Crippen MR) is 75.0 cm³/mol. The highest BCUT2D eigenvalue weighted by molar-refractivity contribution is 6.29. The number of hydrogen-bond donors (Lipinski definition) is 0. The van der Waals surface area contributed by atoms with Gasteiger partial charge in [-0.15, -0.1) is 0 Å². The van der Waals surface area contributed by atoms with Gasteiger partial charge in [0.2, 0.25) is 0 Å². The van der Waals surface area contributed by atoms with Gasteiger partial charge in [0.25, 0.3) is 0 Å². The number of ether oxygens (including phenoxy) is 3. The minimum Gasteiger partial charge on any atom is -0.463 e. The summed E-state index contributed by atoms with van der Waals surface area (Å²) in [7, 11) is -0.444. The van der Waals surface area contributed by atoms with Gasteiger partial charge in [-0.3, -0.25) is 4.79 Å². The molecule has 1 fully saturated rings. The van der Waals surface area contributed by atoms with E-state index < -0.39 is 9.76 Å². The number of carbonyl (C=O) groups excluding carboxylic acids is 1. The third-order valence-corrected chi connectivity index (χ3v) is 3.76. The van der Waals surface area contributed by atoms with Gasteiger partial charge in [-0.1, -0.05) is 13.8 Å². The average Bonchev–Trinajstić information content (AvgIpc) is 3.16. The fourth-order valence-electron chi connectivity index (χ4n) is 1.46. The Labute approximate surface area is 117 Å². The van der Waals surface area contributed by atoms with Crippen molar-refractivity contribution in [2.75, 3.05) is 33.0 Å². The lowest BCUT2D eigenvalue weighted by Gasteiger charge is -2.07. The molecule has 1 aliphatic rings. The third-order valence-electron chi connectivity index (χ3n) is 2.57. The van der Waals surface area contributed by atoms with Gasteiger partial charge in [-0.25, -0.2) is 0 Å².